The number of anilines is 1. The van der Waals surface area contributed by atoms with Gasteiger partial charge >= 0.3 is 0 Å². The van der Waals surface area contributed by atoms with E-state index in [4.69, 9.17) is 0 Å². The molecule has 2 aromatic rings. The number of carbonyl (C=O) groups excluding carboxylic acids is 1. The molecule has 0 fully saturated rings. The van der Waals surface area contributed by atoms with Gasteiger partial charge in [0.1, 0.15) is 5.75 Å². The fourth-order valence-electron chi connectivity index (χ4n) is 2.28. The van der Waals surface area contributed by atoms with E-state index in [1.807, 2.05) is 6.07 Å². The topological polar surface area (TPSA) is 92.5 Å². The summed E-state index contributed by atoms with van der Waals surface area (Å²) in [4.78, 5) is 22.2. The van der Waals surface area contributed by atoms with Gasteiger partial charge in [0, 0.05) is 18.2 Å². The maximum Gasteiger partial charge on any atom is 0.270 e. The summed E-state index contributed by atoms with van der Waals surface area (Å²) in [5.41, 5.74) is 1.83. The van der Waals surface area contributed by atoms with Crippen LogP contribution in [0.3, 0.4) is 0 Å². The maximum absolute atomic E-state index is 12.0. The van der Waals surface area contributed by atoms with Crippen LogP contribution < -0.4 is 5.32 Å². The molecular weight excluding hydrogens is 320 g/mol. The Hall–Kier alpha value is -3.15. The minimum absolute atomic E-state index is 0.00917. The van der Waals surface area contributed by atoms with E-state index in [2.05, 4.69) is 19.2 Å². The number of phenols is 1. The van der Waals surface area contributed by atoms with Gasteiger partial charge in [-0.1, -0.05) is 32.0 Å². The van der Waals surface area contributed by atoms with Crippen LogP contribution in [-0.4, -0.2) is 15.9 Å². The van der Waals surface area contributed by atoms with E-state index in [9.17, 15) is 20.0 Å². The van der Waals surface area contributed by atoms with E-state index in [1.54, 1.807) is 24.3 Å². The van der Waals surface area contributed by atoms with Gasteiger partial charge in [0.2, 0.25) is 5.91 Å². The van der Waals surface area contributed by atoms with Crippen molar-refractivity contribution in [3.05, 3.63) is 69.8 Å². The molecule has 2 rings (SSSR count). The number of phenolic OH excluding ortho intramolecular Hbond substituents is 1. The van der Waals surface area contributed by atoms with Gasteiger partial charge in [-0.15, -0.1) is 0 Å². The van der Waals surface area contributed by atoms with Gasteiger partial charge in [-0.2, -0.15) is 0 Å². The van der Waals surface area contributed by atoms with Crippen molar-refractivity contribution in [1.29, 1.82) is 0 Å². The maximum atomic E-state index is 12.0. The number of carbonyl (C=O) groups is 1. The summed E-state index contributed by atoms with van der Waals surface area (Å²) in [6, 6.07) is 11.2. The van der Waals surface area contributed by atoms with Crippen LogP contribution in [0.1, 0.15) is 37.3 Å². The minimum atomic E-state index is -0.492. The molecule has 0 saturated heterocycles. The molecule has 2 aromatic carbocycles. The number of hydrogen-bond donors (Lipinski definition) is 2. The molecule has 1 atom stereocenters. The van der Waals surface area contributed by atoms with Crippen molar-refractivity contribution in [2.24, 2.45) is 0 Å². The Balaban J connectivity index is 2.07. The second-order valence-corrected chi connectivity index (χ2v) is 5.76. The van der Waals surface area contributed by atoms with Crippen molar-refractivity contribution < 1.29 is 14.8 Å². The Morgan fingerprint density at radius 1 is 1.32 bits per heavy atom. The van der Waals surface area contributed by atoms with Gasteiger partial charge in [-0.3, -0.25) is 14.9 Å². The predicted molar refractivity (Wildman–Crippen MR) is 97.6 cm³/mol. The molecule has 1 amide bonds. The highest BCUT2D eigenvalue weighted by Crippen LogP contribution is 2.29. The molecule has 2 N–H and O–H groups in total. The highest BCUT2D eigenvalue weighted by atomic mass is 16.6. The molecule has 0 bridgehead atoms. The number of amides is 1. The zero-order valence-electron chi connectivity index (χ0n) is 14.1. The van der Waals surface area contributed by atoms with Gasteiger partial charge in [0.15, 0.2) is 0 Å². The SMILES string of the molecule is CC[C@@H](C)c1ccc(NC(=O)/C=C/c2cccc([N+](=O)[O-])c2)c(O)c1. The fourth-order valence-corrected chi connectivity index (χ4v) is 2.28. The third-order valence-corrected chi connectivity index (χ3v) is 3.97. The van der Waals surface area contributed by atoms with E-state index in [1.165, 1.54) is 24.3 Å². The van der Waals surface area contributed by atoms with Crippen molar-refractivity contribution in [3.63, 3.8) is 0 Å². The molecule has 0 unspecified atom stereocenters. The average molecular weight is 340 g/mol. The number of rotatable bonds is 6. The number of hydrogen-bond acceptors (Lipinski definition) is 4. The third kappa shape index (κ3) is 4.91. The van der Waals surface area contributed by atoms with E-state index >= 15 is 0 Å². The number of nitrogens with one attached hydrogen (secondary N) is 1. The van der Waals surface area contributed by atoms with Crippen LogP contribution in [0.2, 0.25) is 0 Å². The highest BCUT2D eigenvalue weighted by Gasteiger charge is 2.09. The van der Waals surface area contributed by atoms with Crippen LogP contribution >= 0.6 is 0 Å². The van der Waals surface area contributed by atoms with Crippen LogP contribution in [0.15, 0.2) is 48.5 Å². The molecule has 0 aliphatic rings. The molecule has 0 saturated carbocycles. The molecule has 6 heteroatoms. The van der Waals surface area contributed by atoms with Gasteiger partial charge in [0.25, 0.3) is 5.69 Å². The van der Waals surface area contributed by atoms with Crippen LogP contribution in [0, 0.1) is 10.1 Å². The summed E-state index contributed by atoms with van der Waals surface area (Å²) in [7, 11) is 0. The second kappa shape index (κ2) is 8.10. The van der Waals surface area contributed by atoms with Gasteiger partial charge in [-0.25, -0.2) is 0 Å². The first-order chi connectivity index (χ1) is 11.9. The lowest BCUT2D eigenvalue weighted by atomic mass is 9.98. The average Bonchev–Trinajstić information content (AvgIpc) is 2.61. The Morgan fingerprint density at radius 2 is 2.08 bits per heavy atom. The van der Waals surface area contributed by atoms with Crippen molar-refractivity contribution in [1.82, 2.24) is 0 Å². The molecule has 6 nitrogen and oxygen atoms in total. The first-order valence-electron chi connectivity index (χ1n) is 7.97. The molecule has 130 valence electrons. The number of nitro benzene ring substituents is 1. The molecule has 0 radical (unpaired) electrons. The highest BCUT2D eigenvalue weighted by molar-refractivity contribution is 6.02. The summed E-state index contributed by atoms with van der Waals surface area (Å²) < 4.78 is 0. The number of nitrogens with zero attached hydrogens (tertiary/aromatic N) is 1. The summed E-state index contributed by atoms with van der Waals surface area (Å²) in [6.07, 6.45) is 3.70. The smallest absolute Gasteiger partial charge is 0.270 e. The van der Waals surface area contributed by atoms with Crippen molar-refractivity contribution in [2.75, 3.05) is 5.32 Å². The van der Waals surface area contributed by atoms with Gasteiger partial charge < -0.3 is 10.4 Å². The van der Waals surface area contributed by atoms with Crippen LogP contribution in [0.4, 0.5) is 11.4 Å². The first kappa shape index (κ1) is 18.2. The molecule has 0 spiro atoms. The normalized spacial score (nSPS) is 12.1. The van der Waals surface area contributed by atoms with Crippen molar-refractivity contribution in [2.45, 2.75) is 26.2 Å². The molecule has 0 aliphatic carbocycles. The summed E-state index contributed by atoms with van der Waals surface area (Å²) in [5.74, 6) is -0.0996. The van der Waals surface area contributed by atoms with E-state index < -0.39 is 10.8 Å². The minimum Gasteiger partial charge on any atom is -0.506 e. The standard InChI is InChI=1S/C19H20N2O4/c1-3-13(2)15-8-9-17(18(22)12-15)20-19(23)10-7-14-5-4-6-16(11-14)21(24)25/h4-13,22H,3H2,1-2H3,(H,20,23)/b10-7+/t13-/m1/s1. The zero-order chi connectivity index (χ0) is 18.4. The third-order valence-electron chi connectivity index (χ3n) is 3.97. The molecule has 0 aliphatic heterocycles. The Kier molecular flexibility index (Phi) is 5.89. The monoisotopic (exact) mass is 340 g/mol. The summed E-state index contributed by atoms with van der Waals surface area (Å²) in [6.45, 7) is 4.13. The lowest BCUT2D eigenvalue weighted by Gasteiger charge is -2.12. The summed E-state index contributed by atoms with van der Waals surface area (Å²) >= 11 is 0. The van der Waals surface area contributed by atoms with Crippen molar-refractivity contribution >= 4 is 23.4 Å². The van der Waals surface area contributed by atoms with Crippen LogP contribution in [0.25, 0.3) is 6.08 Å². The van der Waals surface area contributed by atoms with E-state index in [-0.39, 0.29) is 11.4 Å². The zero-order valence-corrected chi connectivity index (χ0v) is 14.1. The van der Waals surface area contributed by atoms with E-state index in [0.717, 1.165) is 12.0 Å². The molecule has 0 heterocycles. The molecule has 25 heavy (non-hydrogen) atoms. The second-order valence-electron chi connectivity index (χ2n) is 5.76. The van der Waals surface area contributed by atoms with Gasteiger partial charge in [0.05, 0.1) is 10.6 Å². The number of non-ortho nitro benzene ring substituents is 1. The fraction of sp³-hybridized carbons (Fsp3) is 0.211. The van der Waals surface area contributed by atoms with Crippen LogP contribution in [-0.2, 0) is 4.79 Å². The number of aromatic hydroxyl groups is 1. The Labute approximate surface area is 146 Å². The lowest BCUT2D eigenvalue weighted by Crippen LogP contribution is -2.08. The first-order valence-corrected chi connectivity index (χ1v) is 7.97. The quantitative estimate of drug-likeness (QED) is 0.351. The van der Waals surface area contributed by atoms with E-state index in [0.29, 0.717) is 17.2 Å². The summed E-state index contributed by atoms with van der Waals surface area (Å²) in [5, 5.41) is 23.4. The lowest BCUT2D eigenvalue weighted by molar-refractivity contribution is -0.384. The Morgan fingerprint density at radius 3 is 2.72 bits per heavy atom. The predicted octanol–water partition coefficient (Wildman–Crippen LogP) is 4.47. The number of benzene rings is 2. The van der Waals surface area contributed by atoms with Gasteiger partial charge in [-0.05, 0) is 41.7 Å². The van der Waals surface area contributed by atoms with Crippen LogP contribution in [0.5, 0.6) is 5.75 Å². The van der Waals surface area contributed by atoms with Crippen molar-refractivity contribution in [3.8, 4) is 5.75 Å². The molecular formula is C19H20N2O4. The largest absolute Gasteiger partial charge is 0.506 e. The number of nitro groups is 1. The molecule has 0 aromatic heterocycles. The Bertz CT molecular complexity index is 815.